The molecule has 18 heavy (non-hydrogen) atoms. The first kappa shape index (κ1) is 13.3. The van der Waals surface area contributed by atoms with E-state index in [1.807, 2.05) is 6.92 Å². The molecule has 0 aromatic heterocycles. The van der Waals surface area contributed by atoms with E-state index in [0.29, 0.717) is 11.8 Å². The largest absolute Gasteiger partial charge is 0.481 e. The van der Waals surface area contributed by atoms with Crippen molar-refractivity contribution < 1.29 is 14.7 Å². The molecule has 2 aliphatic rings. The van der Waals surface area contributed by atoms with Crippen LogP contribution >= 0.6 is 0 Å². The second kappa shape index (κ2) is 5.25. The van der Waals surface area contributed by atoms with Gasteiger partial charge in [0.05, 0.1) is 0 Å². The molecule has 2 rings (SSSR count). The summed E-state index contributed by atoms with van der Waals surface area (Å²) in [5, 5.41) is 8.80. The first-order chi connectivity index (χ1) is 8.49. The van der Waals surface area contributed by atoms with E-state index in [1.165, 1.54) is 6.42 Å². The van der Waals surface area contributed by atoms with Crippen LogP contribution < -0.4 is 0 Å². The summed E-state index contributed by atoms with van der Waals surface area (Å²) in [6.45, 7) is 4.30. The van der Waals surface area contributed by atoms with E-state index in [1.54, 1.807) is 0 Å². The van der Waals surface area contributed by atoms with Crippen molar-refractivity contribution in [2.75, 3.05) is 0 Å². The summed E-state index contributed by atoms with van der Waals surface area (Å²) in [7, 11) is 0. The number of allylic oxidation sites excluding steroid dienone is 2. The van der Waals surface area contributed by atoms with Crippen LogP contribution in [0.1, 0.15) is 39.5 Å². The van der Waals surface area contributed by atoms with Crippen LogP contribution in [0.15, 0.2) is 12.2 Å². The number of hydrogen-bond acceptors (Lipinski definition) is 2. The molecule has 1 saturated carbocycles. The molecule has 0 saturated heterocycles. The summed E-state index contributed by atoms with van der Waals surface area (Å²) in [5.74, 6) is 0.599. The molecule has 0 aliphatic heterocycles. The van der Waals surface area contributed by atoms with Gasteiger partial charge in [-0.3, -0.25) is 9.59 Å². The predicted octanol–water partition coefficient (Wildman–Crippen LogP) is 2.90. The average Bonchev–Trinajstić information content (AvgIpc) is 2.28. The number of fused-ring (bicyclic) bond motifs is 1. The van der Waals surface area contributed by atoms with Crippen LogP contribution in [0.4, 0.5) is 0 Å². The molecule has 0 amide bonds. The van der Waals surface area contributed by atoms with Crippen LogP contribution in [0.5, 0.6) is 0 Å². The van der Waals surface area contributed by atoms with E-state index in [9.17, 15) is 9.59 Å². The maximum absolute atomic E-state index is 12.1. The Balaban J connectivity index is 2.15. The van der Waals surface area contributed by atoms with Gasteiger partial charge in [-0.05, 0) is 36.5 Å². The molecule has 0 heterocycles. The highest BCUT2D eigenvalue weighted by Crippen LogP contribution is 2.45. The van der Waals surface area contributed by atoms with Crippen LogP contribution in [-0.4, -0.2) is 16.9 Å². The van der Waals surface area contributed by atoms with Gasteiger partial charge in [-0.2, -0.15) is 0 Å². The van der Waals surface area contributed by atoms with Crippen LogP contribution in [0.25, 0.3) is 0 Å². The highest BCUT2D eigenvalue weighted by molar-refractivity contribution is 5.96. The number of Topliss-reactive ketones (excluding diaryl/α,β-unsaturated/α-hetero) is 1. The molecular formula is C15H22O3. The normalized spacial score (nSPS) is 39.1. The number of aliphatic carboxylic acids is 1. The molecule has 0 aromatic rings. The molecule has 1 fully saturated rings. The van der Waals surface area contributed by atoms with Crippen LogP contribution in [0.3, 0.4) is 0 Å². The summed E-state index contributed by atoms with van der Waals surface area (Å²) in [4.78, 5) is 22.9. The Morgan fingerprint density at radius 2 is 1.94 bits per heavy atom. The van der Waals surface area contributed by atoms with Crippen molar-refractivity contribution in [3.8, 4) is 0 Å². The molecule has 100 valence electrons. The van der Waals surface area contributed by atoms with Crippen molar-refractivity contribution in [1.29, 1.82) is 0 Å². The fourth-order valence-electron chi connectivity index (χ4n) is 3.74. The van der Waals surface area contributed by atoms with E-state index in [2.05, 4.69) is 19.1 Å². The van der Waals surface area contributed by atoms with Gasteiger partial charge in [0.2, 0.25) is 0 Å². The van der Waals surface area contributed by atoms with E-state index in [-0.39, 0.29) is 24.0 Å². The summed E-state index contributed by atoms with van der Waals surface area (Å²) in [6.07, 6.45) is 7.43. The molecule has 0 unspecified atom stereocenters. The monoisotopic (exact) mass is 250 g/mol. The van der Waals surface area contributed by atoms with E-state index in [4.69, 9.17) is 5.11 Å². The molecule has 0 spiro atoms. The summed E-state index contributed by atoms with van der Waals surface area (Å²) in [6, 6.07) is 0. The predicted molar refractivity (Wildman–Crippen MR) is 69.0 cm³/mol. The Hall–Kier alpha value is -1.12. The standard InChI is InChI=1S/C15H22O3/c1-9-3-6-12-11(7-9)5-4-10(2)15(12)13(16)8-14(17)18/h4-5,9-12,15H,3,6-8H2,1-2H3,(H,17,18)/t9-,10-,11-,12-,15-/m0/s1. The van der Waals surface area contributed by atoms with Crippen LogP contribution in [0.2, 0.25) is 0 Å². The summed E-state index contributed by atoms with van der Waals surface area (Å²) >= 11 is 0. The lowest BCUT2D eigenvalue weighted by Crippen LogP contribution is -2.39. The number of carboxylic acid groups (broad SMARTS) is 1. The van der Waals surface area contributed by atoms with Gasteiger partial charge in [0.25, 0.3) is 0 Å². The minimum atomic E-state index is -0.998. The van der Waals surface area contributed by atoms with E-state index >= 15 is 0 Å². The van der Waals surface area contributed by atoms with Gasteiger partial charge >= 0.3 is 5.97 Å². The number of hydrogen-bond donors (Lipinski definition) is 1. The van der Waals surface area contributed by atoms with E-state index in [0.717, 1.165) is 18.8 Å². The van der Waals surface area contributed by atoms with Crippen molar-refractivity contribution in [1.82, 2.24) is 0 Å². The van der Waals surface area contributed by atoms with Crippen molar-refractivity contribution in [3.63, 3.8) is 0 Å². The lowest BCUT2D eigenvalue weighted by atomic mass is 9.62. The van der Waals surface area contributed by atoms with Crippen molar-refractivity contribution in [2.45, 2.75) is 39.5 Å². The quantitative estimate of drug-likeness (QED) is 0.619. The summed E-state index contributed by atoms with van der Waals surface area (Å²) in [5.41, 5.74) is 0. The average molecular weight is 250 g/mol. The van der Waals surface area contributed by atoms with Crippen molar-refractivity contribution in [2.24, 2.45) is 29.6 Å². The molecule has 1 N–H and O–H groups in total. The SMILES string of the molecule is C[C@H]1CC[C@@H]2[C@@H](C(=O)CC(=O)O)[C@@H](C)C=C[C@H]2C1. The van der Waals surface area contributed by atoms with E-state index < -0.39 is 5.97 Å². The maximum atomic E-state index is 12.1. The zero-order valence-electron chi connectivity index (χ0n) is 11.1. The van der Waals surface area contributed by atoms with Gasteiger partial charge in [-0.25, -0.2) is 0 Å². The highest BCUT2D eigenvalue weighted by Gasteiger charge is 2.41. The third-order valence-electron chi connectivity index (χ3n) is 4.60. The molecule has 5 atom stereocenters. The Morgan fingerprint density at radius 1 is 1.22 bits per heavy atom. The zero-order valence-corrected chi connectivity index (χ0v) is 11.1. The smallest absolute Gasteiger partial charge is 0.310 e. The molecule has 2 aliphatic carbocycles. The molecule has 0 radical (unpaired) electrons. The molecule has 3 heteroatoms. The minimum absolute atomic E-state index is 0.0797. The third-order valence-corrected chi connectivity index (χ3v) is 4.60. The maximum Gasteiger partial charge on any atom is 0.310 e. The van der Waals surface area contributed by atoms with Gasteiger partial charge in [-0.15, -0.1) is 0 Å². The first-order valence-electron chi connectivity index (χ1n) is 6.92. The van der Waals surface area contributed by atoms with Gasteiger partial charge in [-0.1, -0.05) is 32.4 Å². The van der Waals surface area contributed by atoms with Crippen LogP contribution in [0, 0.1) is 29.6 Å². The first-order valence-corrected chi connectivity index (χ1v) is 6.92. The van der Waals surface area contributed by atoms with Gasteiger partial charge < -0.3 is 5.11 Å². The zero-order chi connectivity index (χ0) is 13.3. The Labute approximate surface area is 108 Å². The number of carbonyl (C=O) groups is 2. The fraction of sp³-hybridized carbons (Fsp3) is 0.733. The molecule has 3 nitrogen and oxygen atoms in total. The Bertz CT molecular complexity index is 372. The minimum Gasteiger partial charge on any atom is -0.481 e. The second-order valence-corrected chi connectivity index (χ2v) is 6.05. The Kier molecular flexibility index (Phi) is 3.88. The van der Waals surface area contributed by atoms with Gasteiger partial charge in [0, 0.05) is 5.92 Å². The Morgan fingerprint density at radius 3 is 2.61 bits per heavy atom. The third kappa shape index (κ3) is 2.65. The lowest BCUT2D eigenvalue weighted by molar-refractivity contribution is -0.142. The van der Waals surface area contributed by atoms with Gasteiger partial charge in [0.15, 0.2) is 0 Å². The lowest BCUT2D eigenvalue weighted by Gasteiger charge is -2.42. The van der Waals surface area contributed by atoms with Crippen molar-refractivity contribution in [3.05, 3.63) is 12.2 Å². The van der Waals surface area contributed by atoms with Gasteiger partial charge in [0.1, 0.15) is 12.2 Å². The number of carboxylic acids is 1. The van der Waals surface area contributed by atoms with Crippen LogP contribution in [-0.2, 0) is 9.59 Å². The van der Waals surface area contributed by atoms with Crippen molar-refractivity contribution >= 4 is 11.8 Å². The molecule has 0 bridgehead atoms. The molecular weight excluding hydrogens is 228 g/mol. The number of carbonyl (C=O) groups excluding carboxylic acids is 1. The topological polar surface area (TPSA) is 54.4 Å². The molecule has 0 aromatic carbocycles. The highest BCUT2D eigenvalue weighted by atomic mass is 16.4. The number of rotatable bonds is 3. The second-order valence-electron chi connectivity index (χ2n) is 6.05. The fourth-order valence-corrected chi connectivity index (χ4v) is 3.74. The number of ketones is 1. The summed E-state index contributed by atoms with van der Waals surface area (Å²) < 4.78 is 0.